The van der Waals surface area contributed by atoms with Crippen molar-refractivity contribution in [2.45, 2.75) is 26.8 Å². The highest BCUT2D eigenvalue weighted by molar-refractivity contribution is 5.76. The Labute approximate surface area is 141 Å². The van der Waals surface area contributed by atoms with Gasteiger partial charge in [0.2, 0.25) is 12.7 Å². The zero-order valence-corrected chi connectivity index (χ0v) is 13.9. The molecular weight excluding hydrogens is 306 g/mol. The zero-order chi connectivity index (χ0) is 16.9. The number of hydrogen-bond donors (Lipinski definition) is 1. The average Bonchev–Trinajstić information content (AvgIpc) is 3.04. The molecule has 0 radical (unpaired) electrons. The SMILES string of the molecule is Cc1ccc(C)c(OCCC(=O)NCc2ccc3c(c2)OCO3)c1. The molecule has 1 heterocycles. The van der Waals surface area contributed by atoms with Gasteiger partial charge in [-0.3, -0.25) is 4.79 Å². The van der Waals surface area contributed by atoms with Crippen LogP contribution in [0.15, 0.2) is 36.4 Å². The molecule has 0 aromatic heterocycles. The number of rotatable bonds is 6. The van der Waals surface area contributed by atoms with Crippen LogP contribution in [-0.4, -0.2) is 19.3 Å². The fraction of sp³-hybridized carbons (Fsp3) is 0.316. The zero-order valence-electron chi connectivity index (χ0n) is 13.9. The molecule has 0 unspecified atom stereocenters. The number of carbonyl (C=O) groups excluding carboxylic acids is 1. The van der Waals surface area contributed by atoms with Gasteiger partial charge in [-0.05, 0) is 48.7 Å². The van der Waals surface area contributed by atoms with E-state index in [1.54, 1.807) is 0 Å². The Morgan fingerprint density at radius 3 is 2.83 bits per heavy atom. The van der Waals surface area contributed by atoms with Crippen molar-refractivity contribution < 1.29 is 19.0 Å². The maximum Gasteiger partial charge on any atom is 0.231 e. The van der Waals surface area contributed by atoms with Gasteiger partial charge in [0.15, 0.2) is 11.5 Å². The lowest BCUT2D eigenvalue weighted by atomic mass is 10.1. The molecule has 5 heteroatoms. The topological polar surface area (TPSA) is 56.8 Å². The first-order valence-corrected chi connectivity index (χ1v) is 7.97. The Kier molecular flexibility index (Phi) is 4.89. The number of aryl methyl sites for hydroxylation is 2. The third kappa shape index (κ3) is 3.98. The van der Waals surface area contributed by atoms with Gasteiger partial charge in [-0.2, -0.15) is 0 Å². The summed E-state index contributed by atoms with van der Waals surface area (Å²) in [5, 5.41) is 2.89. The second-order valence-electron chi connectivity index (χ2n) is 5.83. The van der Waals surface area contributed by atoms with Crippen LogP contribution in [0.25, 0.3) is 0 Å². The molecule has 0 spiro atoms. The minimum atomic E-state index is -0.0435. The lowest BCUT2D eigenvalue weighted by molar-refractivity contribution is -0.121. The minimum absolute atomic E-state index is 0.0435. The fourth-order valence-corrected chi connectivity index (χ4v) is 2.46. The highest BCUT2D eigenvalue weighted by Crippen LogP contribution is 2.32. The number of ether oxygens (including phenoxy) is 3. The van der Waals surface area contributed by atoms with Crippen LogP contribution in [0.4, 0.5) is 0 Å². The predicted molar refractivity (Wildman–Crippen MR) is 90.4 cm³/mol. The van der Waals surface area contributed by atoms with Gasteiger partial charge in [-0.15, -0.1) is 0 Å². The van der Waals surface area contributed by atoms with Crippen LogP contribution in [0.1, 0.15) is 23.1 Å². The normalized spacial score (nSPS) is 12.1. The van der Waals surface area contributed by atoms with Crippen molar-refractivity contribution in [1.29, 1.82) is 0 Å². The second-order valence-corrected chi connectivity index (χ2v) is 5.83. The average molecular weight is 327 g/mol. The van der Waals surface area contributed by atoms with E-state index in [-0.39, 0.29) is 12.7 Å². The van der Waals surface area contributed by atoms with Crippen molar-refractivity contribution in [2.75, 3.05) is 13.4 Å². The predicted octanol–water partition coefficient (Wildman–Crippen LogP) is 3.12. The van der Waals surface area contributed by atoms with Crippen molar-refractivity contribution in [3.8, 4) is 17.2 Å². The Morgan fingerprint density at radius 1 is 1.12 bits per heavy atom. The molecule has 0 atom stereocenters. The summed E-state index contributed by atoms with van der Waals surface area (Å²) in [4.78, 5) is 11.9. The number of fused-ring (bicyclic) bond motifs is 1. The summed E-state index contributed by atoms with van der Waals surface area (Å²) in [6, 6.07) is 11.7. The van der Waals surface area contributed by atoms with Gasteiger partial charge >= 0.3 is 0 Å². The van der Waals surface area contributed by atoms with Crippen molar-refractivity contribution >= 4 is 5.91 Å². The fourth-order valence-electron chi connectivity index (χ4n) is 2.46. The molecular formula is C19H21NO4. The van der Waals surface area contributed by atoms with Gasteiger partial charge in [0, 0.05) is 6.54 Å². The number of benzene rings is 2. The Morgan fingerprint density at radius 2 is 1.96 bits per heavy atom. The van der Waals surface area contributed by atoms with E-state index in [4.69, 9.17) is 14.2 Å². The summed E-state index contributed by atoms with van der Waals surface area (Å²) in [7, 11) is 0. The van der Waals surface area contributed by atoms with E-state index in [1.807, 2.05) is 50.2 Å². The van der Waals surface area contributed by atoms with Gasteiger partial charge in [0.05, 0.1) is 13.0 Å². The molecule has 3 rings (SSSR count). The van der Waals surface area contributed by atoms with E-state index in [2.05, 4.69) is 5.32 Å². The summed E-state index contributed by atoms with van der Waals surface area (Å²) in [6.45, 7) is 5.08. The molecule has 0 aliphatic carbocycles. The van der Waals surface area contributed by atoms with Gasteiger partial charge < -0.3 is 19.5 Å². The van der Waals surface area contributed by atoms with Crippen molar-refractivity contribution in [3.05, 3.63) is 53.1 Å². The summed E-state index contributed by atoms with van der Waals surface area (Å²) < 4.78 is 16.3. The number of nitrogens with one attached hydrogen (secondary N) is 1. The first kappa shape index (κ1) is 16.2. The van der Waals surface area contributed by atoms with E-state index in [9.17, 15) is 4.79 Å². The van der Waals surface area contributed by atoms with Gasteiger partial charge in [-0.25, -0.2) is 0 Å². The molecule has 2 aromatic carbocycles. The summed E-state index contributed by atoms with van der Waals surface area (Å²) in [6.07, 6.45) is 0.317. The largest absolute Gasteiger partial charge is 0.493 e. The van der Waals surface area contributed by atoms with E-state index >= 15 is 0 Å². The van der Waals surface area contributed by atoms with Gasteiger partial charge in [0.25, 0.3) is 0 Å². The van der Waals surface area contributed by atoms with Crippen LogP contribution in [0.5, 0.6) is 17.2 Å². The molecule has 1 aliphatic heterocycles. The van der Waals surface area contributed by atoms with Crippen LogP contribution in [-0.2, 0) is 11.3 Å². The molecule has 2 aromatic rings. The summed E-state index contributed by atoms with van der Waals surface area (Å²) in [5.74, 6) is 2.25. The first-order chi connectivity index (χ1) is 11.6. The van der Waals surface area contributed by atoms with Crippen LogP contribution in [0.3, 0.4) is 0 Å². The highest BCUT2D eigenvalue weighted by atomic mass is 16.7. The van der Waals surface area contributed by atoms with E-state index in [0.717, 1.165) is 33.9 Å². The van der Waals surface area contributed by atoms with Crippen molar-refractivity contribution in [2.24, 2.45) is 0 Å². The van der Waals surface area contributed by atoms with Gasteiger partial charge in [-0.1, -0.05) is 18.2 Å². The third-order valence-electron chi connectivity index (χ3n) is 3.86. The van der Waals surface area contributed by atoms with Crippen LogP contribution in [0, 0.1) is 13.8 Å². The molecule has 0 saturated carbocycles. The lowest BCUT2D eigenvalue weighted by Crippen LogP contribution is -2.24. The highest BCUT2D eigenvalue weighted by Gasteiger charge is 2.13. The van der Waals surface area contributed by atoms with Crippen LogP contribution < -0.4 is 19.5 Å². The molecule has 24 heavy (non-hydrogen) atoms. The lowest BCUT2D eigenvalue weighted by Gasteiger charge is -2.10. The summed E-state index contributed by atoms with van der Waals surface area (Å²) in [5.41, 5.74) is 3.19. The second kappa shape index (κ2) is 7.25. The van der Waals surface area contributed by atoms with E-state index < -0.39 is 0 Å². The van der Waals surface area contributed by atoms with E-state index in [0.29, 0.717) is 19.6 Å². The standard InChI is InChI=1S/C19H21NO4/c1-13-3-4-14(2)17(9-13)22-8-7-19(21)20-11-15-5-6-16-18(10-15)24-12-23-16/h3-6,9-10H,7-8,11-12H2,1-2H3,(H,20,21). The Bertz CT molecular complexity index is 742. The Hall–Kier alpha value is -2.69. The van der Waals surface area contributed by atoms with Crippen LogP contribution in [0.2, 0.25) is 0 Å². The molecule has 0 fully saturated rings. The molecule has 1 aliphatic rings. The number of amides is 1. The van der Waals surface area contributed by atoms with Crippen molar-refractivity contribution in [3.63, 3.8) is 0 Å². The first-order valence-electron chi connectivity index (χ1n) is 7.97. The quantitative estimate of drug-likeness (QED) is 0.886. The maximum atomic E-state index is 11.9. The molecule has 0 bridgehead atoms. The minimum Gasteiger partial charge on any atom is -0.493 e. The van der Waals surface area contributed by atoms with E-state index in [1.165, 1.54) is 0 Å². The number of carbonyl (C=O) groups is 1. The Balaban J connectivity index is 1.43. The monoisotopic (exact) mass is 327 g/mol. The molecule has 126 valence electrons. The summed E-state index contributed by atoms with van der Waals surface area (Å²) >= 11 is 0. The van der Waals surface area contributed by atoms with Crippen molar-refractivity contribution in [1.82, 2.24) is 5.32 Å². The number of hydrogen-bond acceptors (Lipinski definition) is 4. The van der Waals surface area contributed by atoms with Gasteiger partial charge in [0.1, 0.15) is 5.75 Å². The third-order valence-corrected chi connectivity index (χ3v) is 3.86. The molecule has 1 N–H and O–H groups in total. The maximum absolute atomic E-state index is 11.9. The molecule has 5 nitrogen and oxygen atoms in total. The molecule has 1 amide bonds. The van der Waals surface area contributed by atoms with Crippen LogP contribution >= 0.6 is 0 Å². The molecule has 0 saturated heterocycles. The smallest absolute Gasteiger partial charge is 0.231 e.